The highest BCUT2D eigenvalue weighted by atomic mass is 19.1. The van der Waals surface area contributed by atoms with Crippen molar-refractivity contribution in [3.05, 3.63) is 72.0 Å². The van der Waals surface area contributed by atoms with Crippen LogP contribution in [0.15, 0.2) is 65.8 Å². The number of nitrogens with zero attached hydrogens (tertiary/aromatic N) is 1. The number of halogens is 1. The van der Waals surface area contributed by atoms with Crippen LogP contribution in [0, 0.1) is 5.82 Å². The molecule has 1 heterocycles. The second-order valence-corrected chi connectivity index (χ2v) is 5.85. The molecule has 0 saturated heterocycles. The number of ether oxygens (including phenoxy) is 2. The van der Waals surface area contributed by atoms with E-state index in [2.05, 4.69) is 10.5 Å². The number of fused-ring (bicyclic) bond motifs is 2. The summed E-state index contributed by atoms with van der Waals surface area (Å²) in [6.45, 7) is 0.100. The van der Waals surface area contributed by atoms with E-state index in [1.54, 1.807) is 12.1 Å². The quantitative estimate of drug-likeness (QED) is 0.583. The Morgan fingerprint density at radius 2 is 1.77 bits per heavy atom. The van der Waals surface area contributed by atoms with Gasteiger partial charge in [0, 0.05) is 0 Å². The number of hydrazone groups is 1. The van der Waals surface area contributed by atoms with E-state index in [0.717, 1.165) is 10.8 Å². The van der Waals surface area contributed by atoms with Crippen LogP contribution in [0.1, 0.15) is 5.56 Å². The number of benzene rings is 3. The van der Waals surface area contributed by atoms with Gasteiger partial charge in [-0.05, 0) is 40.6 Å². The Morgan fingerprint density at radius 1 is 1.08 bits per heavy atom. The molecule has 1 amide bonds. The number of amides is 1. The largest absolute Gasteiger partial charge is 0.485 e. The topological polar surface area (TPSA) is 59.9 Å². The van der Waals surface area contributed by atoms with Crippen molar-refractivity contribution in [2.45, 2.75) is 6.10 Å². The minimum absolute atomic E-state index is 0.100. The molecule has 3 aromatic carbocycles. The van der Waals surface area contributed by atoms with Gasteiger partial charge in [0.1, 0.15) is 12.4 Å². The molecule has 0 bridgehead atoms. The Bertz CT molecular complexity index is 986. The van der Waals surface area contributed by atoms with Gasteiger partial charge in [-0.25, -0.2) is 9.82 Å². The molecular weight excluding hydrogens is 335 g/mol. The smallest absolute Gasteiger partial charge is 0.284 e. The normalized spacial score (nSPS) is 16.0. The second-order valence-electron chi connectivity index (χ2n) is 5.85. The SMILES string of the molecule is O=C(N/N=C\c1ccc(F)cc1)C1COc2cc3ccccc3cc2O1. The number of carbonyl (C=O) groups excluding carboxylic acids is 1. The maximum Gasteiger partial charge on any atom is 0.284 e. The van der Waals surface area contributed by atoms with Gasteiger partial charge in [0.05, 0.1) is 6.21 Å². The Kier molecular flexibility index (Phi) is 4.23. The molecule has 1 aliphatic rings. The zero-order valence-electron chi connectivity index (χ0n) is 13.7. The third-order valence-electron chi connectivity index (χ3n) is 4.02. The lowest BCUT2D eigenvalue weighted by atomic mass is 10.1. The lowest BCUT2D eigenvalue weighted by molar-refractivity contribution is -0.130. The highest BCUT2D eigenvalue weighted by Crippen LogP contribution is 2.35. The van der Waals surface area contributed by atoms with Crippen LogP contribution >= 0.6 is 0 Å². The molecule has 1 unspecified atom stereocenters. The number of nitrogens with one attached hydrogen (secondary N) is 1. The van der Waals surface area contributed by atoms with E-state index in [1.165, 1.54) is 18.3 Å². The summed E-state index contributed by atoms with van der Waals surface area (Å²) in [7, 11) is 0. The van der Waals surface area contributed by atoms with Gasteiger partial charge in [-0.2, -0.15) is 5.10 Å². The summed E-state index contributed by atoms with van der Waals surface area (Å²) in [6, 6.07) is 17.4. The third-order valence-corrected chi connectivity index (χ3v) is 4.02. The standard InChI is InChI=1S/C20H15FN2O3/c21-16-7-5-13(6-8-16)11-22-23-20(24)19-12-25-17-9-14-3-1-2-4-15(14)10-18(17)26-19/h1-11,19H,12H2,(H,23,24)/b22-11-. The zero-order valence-corrected chi connectivity index (χ0v) is 13.7. The summed E-state index contributed by atoms with van der Waals surface area (Å²) in [4.78, 5) is 12.2. The first-order valence-corrected chi connectivity index (χ1v) is 8.10. The van der Waals surface area contributed by atoms with Crippen molar-refractivity contribution in [3.8, 4) is 11.5 Å². The van der Waals surface area contributed by atoms with Crippen LogP contribution in [0.2, 0.25) is 0 Å². The first-order chi connectivity index (χ1) is 12.7. The molecule has 0 spiro atoms. The fraction of sp³-hybridized carbons (Fsp3) is 0.100. The minimum Gasteiger partial charge on any atom is -0.485 e. The number of carbonyl (C=O) groups is 1. The first kappa shape index (κ1) is 16.1. The fourth-order valence-electron chi connectivity index (χ4n) is 2.68. The van der Waals surface area contributed by atoms with Gasteiger partial charge in [-0.3, -0.25) is 4.79 Å². The van der Waals surface area contributed by atoms with Gasteiger partial charge in [-0.15, -0.1) is 0 Å². The second kappa shape index (κ2) is 6.84. The lowest BCUT2D eigenvalue weighted by Crippen LogP contribution is -2.42. The highest BCUT2D eigenvalue weighted by molar-refractivity contribution is 5.88. The Hall–Kier alpha value is -3.41. The van der Waals surface area contributed by atoms with Gasteiger partial charge < -0.3 is 9.47 Å². The molecule has 0 aliphatic carbocycles. The minimum atomic E-state index is -0.797. The van der Waals surface area contributed by atoms with E-state index in [4.69, 9.17) is 9.47 Å². The van der Waals surface area contributed by atoms with Crippen molar-refractivity contribution in [2.24, 2.45) is 5.10 Å². The Labute approximate surface area is 149 Å². The summed E-state index contributed by atoms with van der Waals surface area (Å²) in [5.41, 5.74) is 3.09. The number of hydrogen-bond donors (Lipinski definition) is 1. The molecule has 6 heteroatoms. The van der Waals surface area contributed by atoms with Crippen molar-refractivity contribution in [3.63, 3.8) is 0 Å². The maximum atomic E-state index is 12.9. The number of rotatable bonds is 3. The zero-order chi connectivity index (χ0) is 17.9. The molecule has 0 saturated carbocycles. The van der Waals surface area contributed by atoms with E-state index < -0.39 is 12.0 Å². The van der Waals surface area contributed by atoms with Crippen LogP contribution in [0.25, 0.3) is 10.8 Å². The van der Waals surface area contributed by atoms with Crippen LogP contribution in [0.3, 0.4) is 0 Å². The van der Waals surface area contributed by atoms with Crippen LogP contribution < -0.4 is 14.9 Å². The fourth-order valence-corrected chi connectivity index (χ4v) is 2.68. The molecule has 3 aromatic rings. The van der Waals surface area contributed by atoms with Crippen LogP contribution in [-0.2, 0) is 4.79 Å². The molecule has 4 rings (SSSR count). The van der Waals surface area contributed by atoms with E-state index in [-0.39, 0.29) is 12.4 Å². The number of hydrogen-bond acceptors (Lipinski definition) is 4. The molecule has 26 heavy (non-hydrogen) atoms. The van der Waals surface area contributed by atoms with Gasteiger partial charge in [-0.1, -0.05) is 36.4 Å². The Balaban J connectivity index is 1.43. The summed E-state index contributed by atoms with van der Waals surface area (Å²) < 4.78 is 24.3. The average molecular weight is 350 g/mol. The third kappa shape index (κ3) is 3.35. The van der Waals surface area contributed by atoms with Gasteiger partial charge in [0.15, 0.2) is 11.5 Å². The highest BCUT2D eigenvalue weighted by Gasteiger charge is 2.27. The maximum absolute atomic E-state index is 12.9. The van der Waals surface area contributed by atoms with E-state index in [9.17, 15) is 9.18 Å². The predicted molar refractivity (Wildman–Crippen MR) is 96.0 cm³/mol. The van der Waals surface area contributed by atoms with Gasteiger partial charge in [0.25, 0.3) is 5.91 Å². The summed E-state index contributed by atoms with van der Waals surface area (Å²) >= 11 is 0. The monoisotopic (exact) mass is 350 g/mol. The molecule has 130 valence electrons. The predicted octanol–water partition coefficient (Wildman–Crippen LogP) is 3.27. The van der Waals surface area contributed by atoms with Crippen molar-refractivity contribution in [1.29, 1.82) is 0 Å². The molecule has 0 aromatic heterocycles. The average Bonchev–Trinajstić information content (AvgIpc) is 2.67. The molecule has 1 atom stereocenters. The first-order valence-electron chi connectivity index (χ1n) is 8.10. The summed E-state index contributed by atoms with van der Waals surface area (Å²) in [6.07, 6.45) is 0.636. The van der Waals surface area contributed by atoms with Gasteiger partial charge in [0.2, 0.25) is 6.10 Å². The molecule has 1 N–H and O–H groups in total. The van der Waals surface area contributed by atoms with Crippen LogP contribution in [0.4, 0.5) is 4.39 Å². The molecular formula is C20H15FN2O3. The van der Waals surface area contributed by atoms with Crippen molar-refractivity contribution >= 4 is 22.9 Å². The van der Waals surface area contributed by atoms with Crippen LogP contribution in [-0.4, -0.2) is 24.8 Å². The molecule has 0 radical (unpaired) electrons. The molecule has 1 aliphatic heterocycles. The Morgan fingerprint density at radius 3 is 2.50 bits per heavy atom. The summed E-state index contributed by atoms with van der Waals surface area (Å²) in [5, 5.41) is 5.92. The summed E-state index contributed by atoms with van der Waals surface area (Å²) in [5.74, 6) is 0.396. The van der Waals surface area contributed by atoms with E-state index >= 15 is 0 Å². The molecule has 0 fully saturated rings. The van der Waals surface area contributed by atoms with E-state index in [0.29, 0.717) is 17.1 Å². The van der Waals surface area contributed by atoms with Gasteiger partial charge >= 0.3 is 0 Å². The van der Waals surface area contributed by atoms with Crippen molar-refractivity contribution in [2.75, 3.05) is 6.61 Å². The molecule has 5 nitrogen and oxygen atoms in total. The van der Waals surface area contributed by atoms with E-state index in [1.807, 2.05) is 36.4 Å². The van der Waals surface area contributed by atoms with Crippen molar-refractivity contribution < 1.29 is 18.7 Å². The van der Waals surface area contributed by atoms with Crippen molar-refractivity contribution in [1.82, 2.24) is 5.43 Å². The lowest BCUT2D eigenvalue weighted by Gasteiger charge is -2.25. The van der Waals surface area contributed by atoms with Crippen LogP contribution in [0.5, 0.6) is 11.5 Å².